The average molecular weight is 421 g/mol. The summed E-state index contributed by atoms with van der Waals surface area (Å²) in [7, 11) is -3.01. The van der Waals surface area contributed by atoms with Gasteiger partial charge in [-0.3, -0.25) is 4.79 Å². The van der Waals surface area contributed by atoms with Crippen molar-refractivity contribution >= 4 is 32.7 Å². The van der Waals surface area contributed by atoms with Crippen LogP contribution in [-0.2, 0) is 14.6 Å². The van der Waals surface area contributed by atoms with Crippen LogP contribution in [0.25, 0.3) is 0 Å². The van der Waals surface area contributed by atoms with Crippen molar-refractivity contribution in [2.75, 3.05) is 18.1 Å². The number of amides is 1. The number of hydrogen-bond acceptors (Lipinski definition) is 5. The maximum atomic E-state index is 12.5. The number of hydrogen-bond donors (Lipinski definition) is 0. The highest BCUT2D eigenvalue weighted by Crippen LogP contribution is 2.51. The van der Waals surface area contributed by atoms with Gasteiger partial charge in [0, 0.05) is 11.3 Å². The first kappa shape index (κ1) is 18.5. The molecule has 6 nitrogen and oxygen atoms in total. The number of amidine groups is 1. The highest BCUT2D eigenvalue weighted by Gasteiger charge is 2.54. The molecule has 0 radical (unpaired) electrons. The minimum absolute atomic E-state index is 0.00859. The third kappa shape index (κ3) is 3.45. The molecule has 4 fully saturated rings. The summed E-state index contributed by atoms with van der Waals surface area (Å²) >= 11 is 1.48. The summed E-state index contributed by atoms with van der Waals surface area (Å²) in [6, 6.07) is 9.51. The molecule has 1 aromatic rings. The quantitative estimate of drug-likeness (QED) is 0.744. The Labute approximate surface area is 169 Å². The van der Waals surface area contributed by atoms with Gasteiger partial charge in [0.05, 0.1) is 17.5 Å². The van der Waals surface area contributed by atoms with Crippen molar-refractivity contribution in [3.05, 3.63) is 30.3 Å². The van der Waals surface area contributed by atoms with Gasteiger partial charge in [-0.15, -0.1) is 0 Å². The van der Waals surface area contributed by atoms with Gasteiger partial charge >= 0.3 is 0 Å². The van der Waals surface area contributed by atoms with Gasteiger partial charge in [-0.25, -0.2) is 8.42 Å². The zero-order valence-corrected chi connectivity index (χ0v) is 17.2. The van der Waals surface area contributed by atoms with Crippen molar-refractivity contribution in [1.82, 2.24) is 4.90 Å². The predicted molar refractivity (Wildman–Crippen MR) is 109 cm³/mol. The monoisotopic (exact) mass is 420 g/mol. The van der Waals surface area contributed by atoms with Gasteiger partial charge in [-0.2, -0.15) is 4.99 Å². The standard InChI is InChI=1S/C20H24N2O4S2/c23-19(10-26-15-4-2-1-3-5-15)21-20-22(16-9-13-6-7-14(16)8-13)17-11-28(24,25)12-18(17)27-20/h1-5,13-14,16-18H,6-12H2/t13-,14-,16-,17+,18+/m1/s1. The summed E-state index contributed by atoms with van der Waals surface area (Å²) in [5.41, 5.74) is 0. The molecule has 2 aliphatic carbocycles. The lowest BCUT2D eigenvalue weighted by Crippen LogP contribution is -2.47. The van der Waals surface area contributed by atoms with E-state index in [1.807, 2.05) is 30.3 Å². The molecule has 1 amide bonds. The minimum Gasteiger partial charge on any atom is -0.484 e. The fourth-order valence-corrected chi connectivity index (χ4v) is 9.32. The first-order valence-corrected chi connectivity index (χ1v) is 12.6. The van der Waals surface area contributed by atoms with Gasteiger partial charge in [0.25, 0.3) is 5.91 Å². The Morgan fingerprint density at radius 3 is 2.68 bits per heavy atom. The molecule has 4 aliphatic rings. The Kier molecular flexibility index (Phi) is 4.66. The average Bonchev–Trinajstić information content (AvgIpc) is 3.40. The van der Waals surface area contributed by atoms with Crippen molar-refractivity contribution < 1.29 is 17.9 Å². The van der Waals surface area contributed by atoms with E-state index in [2.05, 4.69) is 9.89 Å². The second-order valence-corrected chi connectivity index (χ2v) is 11.7. The van der Waals surface area contributed by atoms with Crippen molar-refractivity contribution in [3.8, 4) is 5.75 Å². The minimum atomic E-state index is -3.01. The van der Waals surface area contributed by atoms with Gasteiger partial charge in [0.2, 0.25) is 0 Å². The smallest absolute Gasteiger partial charge is 0.285 e. The molecule has 5 rings (SSSR count). The van der Waals surface area contributed by atoms with E-state index in [-0.39, 0.29) is 35.3 Å². The van der Waals surface area contributed by atoms with Crippen LogP contribution in [0.3, 0.4) is 0 Å². The van der Waals surface area contributed by atoms with E-state index in [9.17, 15) is 13.2 Å². The molecule has 2 aliphatic heterocycles. The highest BCUT2D eigenvalue weighted by atomic mass is 32.2. The third-order valence-electron chi connectivity index (χ3n) is 6.49. The fraction of sp³-hybridized carbons (Fsp3) is 0.600. The Bertz CT molecular complexity index is 902. The third-order valence-corrected chi connectivity index (χ3v) is 9.71. The predicted octanol–water partition coefficient (Wildman–Crippen LogP) is 2.35. The number of benzene rings is 1. The number of rotatable bonds is 4. The molecule has 8 heteroatoms. The molecule has 1 aromatic carbocycles. The van der Waals surface area contributed by atoms with Gasteiger partial charge in [-0.05, 0) is 43.2 Å². The van der Waals surface area contributed by atoms with Crippen LogP contribution in [0.4, 0.5) is 0 Å². The summed E-state index contributed by atoms with van der Waals surface area (Å²) in [4.78, 5) is 19.1. The summed E-state index contributed by atoms with van der Waals surface area (Å²) in [5.74, 6) is 2.05. The van der Waals surface area contributed by atoms with Gasteiger partial charge in [0.1, 0.15) is 5.75 Å². The SMILES string of the molecule is O=C(COc1ccccc1)N=C1S[C@H]2CS(=O)(=O)C[C@@H]2N1[C@@H]1C[C@@H]2CC[C@@H]1C2. The molecule has 2 saturated carbocycles. The van der Waals surface area contributed by atoms with Gasteiger partial charge < -0.3 is 9.64 Å². The van der Waals surface area contributed by atoms with E-state index in [1.165, 1.54) is 31.0 Å². The second-order valence-electron chi connectivity index (χ2n) is 8.34. The second kappa shape index (κ2) is 7.06. The molecule has 28 heavy (non-hydrogen) atoms. The molecule has 0 unspecified atom stereocenters. The van der Waals surface area contributed by atoms with Crippen LogP contribution < -0.4 is 4.74 Å². The summed E-state index contributed by atoms with van der Waals surface area (Å²) in [6.45, 7) is -0.105. The summed E-state index contributed by atoms with van der Waals surface area (Å²) in [5, 5.41) is 0.704. The van der Waals surface area contributed by atoms with Crippen LogP contribution in [0.15, 0.2) is 35.3 Å². The number of para-hydroxylation sites is 1. The number of ether oxygens (including phenoxy) is 1. The molecule has 150 valence electrons. The van der Waals surface area contributed by atoms with Crippen molar-refractivity contribution in [1.29, 1.82) is 0 Å². The maximum Gasteiger partial charge on any atom is 0.285 e. The van der Waals surface area contributed by atoms with Crippen LogP contribution in [0.2, 0.25) is 0 Å². The van der Waals surface area contributed by atoms with Crippen LogP contribution in [0, 0.1) is 11.8 Å². The number of sulfone groups is 1. The first-order chi connectivity index (χ1) is 13.5. The molecule has 2 bridgehead atoms. The van der Waals surface area contributed by atoms with E-state index >= 15 is 0 Å². The number of thioether (sulfide) groups is 1. The largest absolute Gasteiger partial charge is 0.484 e. The molecule has 0 aromatic heterocycles. The normalized spacial score (nSPS) is 36.8. The lowest BCUT2D eigenvalue weighted by molar-refractivity contribution is -0.119. The molecular formula is C20H24N2O4S2. The Morgan fingerprint density at radius 2 is 1.96 bits per heavy atom. The molecular weight excluding hydrogens is 396 g/mol. The topological polar surface area (TPSA) is 76.0 Å². The van der Waals surface area contributed by atoms with E-state index < -0.39 is 9.84 Å². The molecule has 2 saturated heterocycles. The van der Waals surface area contributed by atoms with E-state index in [0.29, 0.717) is 22.9 Å². The zero-order chi connectivity index (χ0) is 19.3. The number of carbonyl (C=O) groups excluding carboxylic acids is 1. The van der Waals surface area contributed by atoms with Crippen molar-refractivity contribution in [2.45, 2.75) is 43.0 Å². The Hall–Kier alpha value is -1.54. The summed E-state index contributed by atoms with van der Waals surface area (Å²) < 4.78 is 29.9. The van der Waals surface area contributed by atoms with Crippen molar-refractivity contribution in [3.63, 3.8) is 0 Å². The maximum absolute atomic E-state index is 12.5. The number of carbonyl (C=O) groups is 1. The van der Waals surface area contributed by atoms with Crippen LogP contribution in [0.1, 0.15) is 25.7 Å². The van der Waals surface area contributed by atoms with Crippen LogP contribution in [0.5, 0.6) is 5.75 Å². The first-order valence-electron chi connectivity index (χ1n) is 9.93. The van der Waals surface area contributed by atoms with Gasteiger partial charge in [-0.1, -0.05) is 36.4 Å². The Balaban J connectivity index is 1.35. The molecule has 0 N–H and O–H groups in total. The van der Waals surface area contributed by atoms with E-state index in [4.69, 9.17) is 4.74 Å². The Morgan fingerprint density at radius 1 is 1.14 bits per heavy atom. The van der Waals surface area contributed by atoms with E-state index in [0.717, 1.165) is 12.3 Å². The molecule has 2 heterocycles. The highest BCUT2D eigenvalue weighted by molar-refractivity contribution is 8.15. The lowest BCUT2D eigenvalue weighted by atomic mass is 9.93. The molecule has 0 spiro atoms. The van der Waals surface area contributed by atoms with Gasteiger partial charge in [0.15, 0.2) is 21.6 Å². The number of nitrogens with zero attached hydrogens (tertiary/aromatic N) is 2. The van der Waals surface area contributed by atoms with E-state index in [1.54, 1.807) is 0 Å². The lowest BCUT2D eigenvalue weighted by Gasteiger charge is -2.36. The number of fused-ring (bicyclic) bond motifs is 3. The number of aliphatic imine (C=N–C) groups is 1. The van der Waals surface area contributed by atoms with Crippen LogP contribution >= 0.6 is 11.8 Å². The zero-order valence-electron chi connectivity index (χ0n) is 15.6. The molecule has 5 atom stereocenters. The van der Waals surface area contributed by atoms with Crippen molar-refractivity contribution in [2.24, 2.45) is 16.8 Å². The fourth-order valence-electron chi connectivity index (χ4n) is 5.33. The van der Waals surface area contributed by atoms with Crippen LogP contribution in [-0.4, -0.2) is 59.8 Å². The summed E-state index contributed by atoms with van der Waals surface area (Å²) in [6.07, 6.45) is 4.82.